The van der Waals surface area contributed by atoms with Crippen LogP contribution < -0.4 is 10.6 Å². The summed E-state index contributed by atoms with van der Waals surface area (Å²) in [4.78, 5) is 62.8. The molecule has 0 bridgehead atoms. The Labute approximate surface area is 316 Å². The zero-order chi connectivity index (χ0) is 37.4. The molecule has 2 aliphatic heterocycles. The average Bonchev–Trinajstić information content (AvgIpc) is 3.98. The van der Waals surface area contributed by atoms with Crippen molar-refractivity contribution in [3.8, 4) is 11.3 Å². The molecule has 2 saturated heterocycles. The molecule has 2 fully saturated rings. The summed E-state index contributed by atoms with van der Waals surface area (Å²) in [5, 5.41) is 6.97. The molecule has 2 atom stereocenters. The normalized spacial score (nSPS) is 16.3. The molecule has 10 heteroatoms. The molecule has 4 amide bonds. The first kappa shape index (κ1) is 36.6. The van der Waals surface area contributed by atoms with Crippen molar-refractivity contribution in [2.45, 2.75) is 57.5 Å². The zero-order valence-electron chi connectivity index (χ0n) is 30.8. The highest BCUT2D eigenvalue weighted by molar-refractivity contribution is 6.00. The lowest BCUT2D eigenvalue weighted by atomic mass is 10.0. The van der Waals surface area contributed by atoms with Gasteiger partial charge in [-0.25, -0.2) is 0 Å². The van der Waals surface area contributed by atoms with Crippen molar-refractivity contribution in [3.63, 3.8) is 0 Å². The van der Waals surface area contributed by atoms with E-state index in [1.165, 1.54) is 0 Å². The van der Waals surface area contributed by atoms with E-state index in [0.717, 1.165) is 72.1 Å². The minimum absolute atomic E-state index is 0.00414. The quantitative estimate of drug-likeness (QED) is 0.121. The Morgan fingerprint density at radius 3 is 2.22 bits per heavy atom. The lowest BCUT2D eigenvalue weighted by Crippen LogP contribution is -2.48. The van der Waals surface area contributed by atoms with Crippen molar-refractivity contribution >= 4 is 45.9 Å². The van der Waals surface area contributed by atoms with Crippen molar-refractivity contribution in [2.24, 2.45) is 0 Å². The van der Waals surface area contributed by atoms with Crippen LogP contribution in [0.3, 0.4) is 0 Å². The van der Waals surface area contributed by atoms with Crippen LogP contribution in [-0.2, 0) is 25.6 Å². The summed E-state index contributed by atoms with van der Waals surface area (Å²) < 4.78 is 0. The van der Waals surface area contributed by atoms with Crippen molar-refractivity contribution in [1.82, 2.24) is 19.7 Å². The molecule has 4 aromatic carbocycles. The van der Waals surface area contributed by atoms with Crippen LogP contribution in [0.2, 0.25) is 0 Å². The number of H-pyrrole nitrogens is 1. The fourth-order valence-electron chi connectivity index (χ4n) is 7.75. The standard InChI is InChI=1S/C44H48N6O4/c1-2-23-49(41(52)27-31-12-5-3-6-13-31)30-40(51)45-35-19-17-32(18-20-35)38-29-34-28-36(21-22-37(34)47-38)46-43(53)39-16-11-26-50(39)44(54)42(48-24-9-10-25-48)33-14-7-4-8-15-33/h3-8,12-15,17-22,28-29,39,42,47H,2,9-11,16,23-27,30H2,1H3,(H,45,51)(H,46,53)/t39-,42+/m0/s1. The average molecular weight is 725 g/mol. The number of hydrogen-bond acceptors (Lipinski definition) is 5. The van der Waals surface area contributed by atoms with Gasteiger partial charge in [0.15, 0.2) is 0 Å². The summed E-state index contributed by atoms with van der Waals surface area (Å²) in [6.45, 7) is 4.83. The highest BCUT2D eigenvalue weighted by atomic mass is 16.2. The first-order valence-electron chi connectivity index (χ1n) is 19.1. The van der Waals surface area contributed by atoms with Gasteiger partial charge in [-0.2, -0.15) is 0 Å². The molecule has 54 heavy (non-hydrogen) atoms. The van der Waals surface area contributed by atoms with E-state index in [0.29, 0.717) is 30.9 Å². The number of rotatable bonds is 13. The van der Waals surface area contributed by atoms with Crippen LogP contribution in [0.1, 0.15) is 56.2 Å². The molecular weight excluding hydrogens is 677 g/mol. The third-order valence-electron chi connectivity index (χ3n) is 10.4. The van der Waals surface area contributed by atoms with Gasteiger partial charge in [-0.1, -0.05) is 79.7 Å². The number of benzene rings is 4. The number of nitrogens with zero attached hydrogens (tertiary/aromatic N) is 3. The van der Waals surface area contributed by atoms with Crippen LogP contribution >= 0.6 is 0 Å². The number of carbonyl (C=O) groups excluding carboxylic acids is 4. The molecule has 10 nitrogen and oxygen atoms in total. The number of likely N-dealkylation sites (tertiary alicyclic amines) is 2. The van der Waals surface area contributed by atoms with Gasteiger partial charge in [-0.05, 0) is 98.3 Å². The van der Waals surface area contributed by atoms with Gasteiger partial charge in [-0.15, -0.1) is 0 Å². The number of nitrogens with one attached hydrogen (secondary N) is 3. The van der Waals surface area contributed by atoms with Gasteiger partial charge in [0.2, 0.25) is 23.6 Å². The van der Waals surface area contributed by atoms with Crippen molar-refractivity contribution < 1.29 is 19.2 Å². The fourth-order valence-corrected chi connectivity index (χ4v) is 7.75. The van der Waals surface area contributed by atoms with E-state index in [-0.39, 0.29) is 42.6 Å². The minimum atomic E-state index is -0.521. The second-order valence-electron chi connectivity index (χ2n) is 14.3. The maximum atomic E-state index is 14.1. The minimum Gasteiger partial charge on any atom is -0.355 e. The maximum Gasteiger partial charge on any atom is 0.247 e. The molecular formula is C44H48N6O4. The number of fused-ring (bicyclic) bond motifs is 1. The van der Waals surface area contributed by atoms with Crippen LogP contribution in [0.5, 0.6) is 0 Å². The molecule has 0 radical (unpaired) electrons. The second kappa shape index (κ2) is 16.9. The van der Waals surface area contributed by atoms with E-state index >= 15 is 0 Å². The Morgan fingerprint density at radius 1 is 0.796 bits per heavy atom. The van der Waals surface area contributed by atoms with Crippen LogP contribution in [0, 0.1) is 0 Å². The Hall–Kier alpha value is -5.74. The van der Waals surface area contributed by atoms with Gasteiger partial charge in [0, 0.05) is 41.1 Å². The SMILES string of the molecule is CCCN(CC(=O)Nc1ccc(-c2cc3cc(NC(=O)[C@@H]4CCCN4C(=O)[C@@H](c4ccccc4)N4CCCC4)ccc3[nH]2)cc1)C(=O)Cc1ccccc1. The summed E-state index contributed by atoms with van der Waals surface area (Å²) >= 11 is 0. The number of aromatic nitrogens is 1. The van der Waals surface area contributed by atoms with Crippen molar-refractivity contribution in [1.29, 1.82) is 0 Å². The predicted octanol–water partition coefficient (Wildman–Crippen LogP) is 7.02. The first-order valence-corrected chi connectivity index (χ1v) is 19.1. The summed E-state index contributed by atoms with van der Waals surface area (Å²) in [5.41, 5.74) is 5.98. The van der Waals surface area contributed by atoms with E-state index in [1.54, 1.807) is 9.80 Å². The maximum absolute atomic E-state index is 14.1. The van der Waals surface area contributed by atoms with Crippen molar-refractivity contribution in [3.05, 3.63) is 120 Å². The molecule has 278 valence electrons. The third kappa shape index (κ3) is 8.55. The summed E-state index contributed by atoms with van der Waals surface area (Å²) in [7, 11) is 0. The molecule has 3 heterocycles. The number of aromatic amines is 1. The van der Waals surface area contributed by atoms with E-state index < -0.39 is 6.04 Å². The topological polar surface area (TPSA) is 118 Å². The summed E-state index contributed by atoms with van der Waals surface area (Å²) in [5.74, 6) is -0.481. The molecule has 7 rings (SSSR count). The lowest BCUT2D eigenvalue weighted by Gasteiger charge is -2.33. The molecule has 1 aromatic heterocycles. The zero-order valence-corrected chi connectivity index (χ0v) is 30.8. The Morgan fingerprint density at radius 2 is 1.50 bits per heavy atom. The molecule has 5 aromatic rings. The number of amides is 4. The van der Waals surface area contributed by atoms with Crippen LogP contribution in [0.15, 0.2) is 109 Å². The predicted molar refractivity (Wildman–Crippen MR) is 213 cm³/mol. The Bertz CT molecular complexity index is 2070. The molecule has 0 aliphatic carbocycles. The van der Waals surface area contributed by atoms with Crippen molar-refractivity contribution in [2.75, 3.05) is 43.4 Å². The van der Waals surface area contributed by atoms with Gasteiger partial charge >= 0.3 is 0 Å². The van der Waals surface area contributed by atoms with Gasteiger partial charge in [0.1, 0.15) is 12.1 Å². The first-order chi connectivity index (χ1) is 26.4. The molecule has 0 saturated carbocycles. The van der Waals surface area contributed by atoms with E-state index in [1.807, 2.05) is 116 Å². The largest absolute Gasteiger partial charge is 0.355 e. The Kier molecular flexibility index (Phi) is 11.5. The van der Waals surface area contributed by atoms with Gasteiger partial charge in [0.05, 0.1) is 13.0 Å². The molecule has 2 aliphatic rings. The van der Waals surface area contributed by atoms with Crippen LogP contribution in [0.25, 0.3) is 22.2 Å². The molecule has 3 N–H and O–H groups in total. The highest BCUT2D eigenvalue weighted by Gasteiger charge is 2.40. The fraction of sp³-hybridized carbons (Fsp3) is 0.318. The summed E-state index contributed by atoms with van der Waals surface area (Å²) in [6.07, 6.45) is 4.60. The Balaban J connectivity index is 0.974. The highest BCUT2D eigenvalue weighted by Crippen LogP contribution is 2.32. The second-order valence-corrected chi connectivity index (χ2v) is 14.3. The van der Waals surface area contributed by atoms with Gasteiger partial charge in [-0.3, -0.25) is 24.1 Å². The summed E-state index contributed by atoms with van der Waals surface area (Å²) in [6, 6.07) is 34.0. The number of hydrogen-bond donors (Lipinski definition) is 3. The number of anilines is 2. The van der Waals surface area contributed by atoms with Crippen LogP contribution in [-0.4, -0.2) is 82.1 Å². The van der Waals surface area contributed by atoms with E-state index in [9.17, 15) is 19.2 Å². The molecule has 0 unspecified atom stereocenters. The van der Waals surface area contributed by atoms with Crippen LogP contribution in [0.4, 0.5) is 11.4 Å². The smallest absolute Gasteiger partial charge is 0.247 e. The van der Waals surface area contributed by atoms with E-state index in [4.69, 9.17) is 0 Å². The van der Waals surface area contributed by atoms with Gasteiger partial charge < -0.3 is 25.4 Å². The monoisotopic (exact) mass is 724 g/mol. The number of carbonyl (C=O) groups is 4. The third-order valence-corrected chi connectivity index (χ3v) is 10.4. The van der Waals surface area contributed by atoms with E-state index in [2.05, 4.69) is 20.5 Å². The molecule has 0 spiro atoms. The van der Waals surface area contributed by atoms with Gasteiger partial charge in [0.25, 0.3) is 0 Å². The lowest BCUT2D eigenvalue weighted by molar-refractivity contribution is -0.141.